The highest BCUT2D eigenvalue weighted by atomic mass is 16.5. The molecule has 0 saturated heterocycles. The van der Waals surface area contributed by atoms with Crippen molar-refractivity contribution >= 4 is 12.0 Å². The van der Waals surface area contributed by atoms with E-state index in [2.05, 4.69) is 5.32 Å². The van der Waals surface area contributed by atoms with Crippen LogP contribution in [0.3, 0.4) is 0 Å². The Labute approximate surface area is 101 Å². The van der Waals surface area contributed by atoms with E-state index in [-0.39, 0.29) is 11.9 Å². The van der Waals surface area contributed by atoms with Crippen LogP contribution >= 0.6 is 0 Å². The number of benzene rings is 1. The molecule has 3 nitrogen and oxygen atoms in total. The van der Waals surface area contributed by atoms with Crippen LogP contribution in [-0.2, 0) is 4.79 Å². The van der Waals surface area contributed by atoms with Crippen LogP contribution in [0.1, 0.15) is 12.0 Å². The Kier molecular flexibility index (Phi) is 3.60. The molecule has 1 heterocycles. The molecule has 0 aromatic heterocycles. The predicted octanol–water partition coefficient (Wildman–Crippen LogP) is 2.15. The number of hydrogen-bond donors (Lipinski definition) is 1. The molecule has 1 aliphatic heterocycles. The third-order valence-electron chi connectivity index (χ3n) is 2.62. The fraction of sp³-hybridized carbons (Fsp3) is 0.214. The molecule has 0 fully saturated rings. The van der Waals surface area contributed by atoms with E-state index in [1.54, 1.807) is 13.2 Å². The monoisotopic (exact) mass is 229 g/mol. The van der Waals surface area contributed by atoms with Crippen LogP contribution in [0.5, 0.6) is 5.75 Å². The Morgan fingerprint density at radius 1 is 1.35 bits per heavy atom. The lowest BCUT2D eigenvalue weighted by molar-refractivity contribution is -0.117. The number of rotatable bonds is 3. The Bertz CT molecular complexity index is 446. The van der Waals surface area contributed by atoms with Crippen molar-refractivity contribution in [3.8, 4) is 5.75 Å². The summed E-state index contributed by atoms with van der Waals surface area (Å²) in [6, 6.07) is 7.89. The maximum absolute atomic E-state index is 11.1. The molecule has 0 aliphatic carbocycles. The zero-order chi connectivity index (χ0) is 12.1. The second-order valence-electron chi connectivity index (χ2n) is 3.89. The van der Waals surface area contributed by atoms with Gasteiger partial charge in [0.2, 0.25) is 5.91 Å². The molecule has 17 heavy (non-hydrogen) atoms. The quantitative estimate of drug-likeness (QED) is 0.862. The first-order valence-corrected chi connectivity index (χ1v) is 5.57. The number of hydrogen-bond acceptors (Lipinski definition) is 2. The van der Waals surface area contributed by atoms with Gasteiger partial charge in [-0.25, -0.2) is 0 Å². The molecule has 1 aromatic rings. The number of amides is 1. The predicted molar refractivity (Wildman–Crippen MR) is 67.7 cm³/mol. The van der Waals surface area contributed by atoms with E-state index in [4.69, 9.17) is 4.74 Å². The number of carbonyl (C=O) groups is 1. The van der Waals surface area contributed by atoms with Crippen LogP contribution in [-0.4, -0.2) is 19.1 Å². The number of ether oxygens (including phenoxy) is 1. The van der Waals surface area contributed by atoms with E-state index in [0.717, 1.165) is 17.7 Å². The molecule has 1 amide bonds. The highest BCUT2D eigenvalue weighted by Gasteiger charge is 2.09. The first-order chi connectivity index (χ1) is 8.28. The molecular weight excluding hydrogens is 214 g/mol. The minimum atomic E-state index is -0.0272. The SMILES string of the molecule is COc1ccc(/C=C/C2CC=CC(=O)N2)cc1. The van der Waals surface area contributed by atoms with Crippen molar-refractivity contribution in [1.82, 2.24) is 5.32 Å². The molecule has 1 atom stereocenters. The fourth-order valence-corrected chi connectivity index (χ4v) is 1.68. The highest BCUT2D eigenvalue weighted by molar-refractivity contribution is 5.88. The van der Waals surface area contributed by atoms with Crippen LogP contribution in [0.25, 0.3) is 6.08 Å². The van der Waals surface area contributed by atoms with Gasteiger partial charge in [0.05, 0.1) is 13.2 Å². The minimum absolute atomic E-state index is 0.0272. The summed E-state index contributed by atoms with van der Waals surface area (Å²) in [5, 5.41) is 2.87. The van der Waals surface area contributed by atoms with Crippen molar-refractivity contribution in [3.63, 3.8) is 0 Å². The van der Waals surface area contributed by atoms with Gasteiger partial charge in [0, 0.05) is 0 Å². The molecule has 1 N–H and O–H groups in total. The highest BCUT2D eigenvalue weighted by Crippen LogP contribution is 2.13. The molecule has 0 radical (unpaired) electrons. The second kappa shape index (κ2) is 5.34. The average molecular weight is 229 g/mol. The zero-order valence-corrected chi connectivity index (χ0v) is 9.72. The van der Waals surface area contributed by atoms with Gasteiger partial charge in [-0.2, -0.15) is 0 Å². The van der Waals surface area contributed by atoms with E-state index in [9.17, 15) is 4.79 Å². The molecule has 0 bridgehead atoms. The molecular formula is C14H15NO2. The normalized spacial score (nSPS) is 19.4. The first-order valence-electron chi connectivity index (χ1n) is 5.57. The summed E-state index contributed by atoms with van der Waals surface area (Å²) >= 11 is 0. The molecule has 1 aliphatic rings. The van der Waals surface area contributed by atoms with Gasteiger partial charge in [0.25, 0.3) is 0 Å². The average Bonchev–Trinajstić information content (AvgIpc) is 2.37. The van der Waals surface area contributed by atoms with Gasteiger partial charge < -0.3 is 10.1 Å². The standard InChI is InChI=1S/C14H15NO2/c1-17-13-9-6-11(7-10-13)5-8-12-3-2-4-14(16)15-12/h2,4-10,12H,3H2,1H3,(H,15,16)/b8-5+. The van der Waals surface area contributed by atoms with Gasteiger partial charge in [0.15, 0.2) is 0 Å². The maximum Gasteiger partial charge on any atom is 0.244 e. The Balaban J connectivity index is 1.99. The van der Waals surface area contributed by atoms with Crippen molar-refractivity contribution in [2.45, 2.75) is 12.5 Å². The van der Waals surface area contributed by atoms with E-state index in [1.165, 1.54) is 0 Å². The first kappa shape index (κ1) is 11.5. The van der Waals surface area contributed by atoms with E-state index < -0.39 is 0 Å². The summed E-state index contributed by atoms with van der Waals surface area (Å²) < 4.78 is 5.09. The molecule has 88 valence electrons. The summed E-state index contributed by atoms with van der Waals surface area (Å²) in [6.07, 6.45) is 8.31. The Morgan fingerprint density at radius 3 is 2.76 bits per heavy atom. The van der Waals surface area contributed by atoms with Crippen molar-refractivity contribution < 1.29 is 9.53 Å². The maximum atomic E-state index is 11.1. The van der Waals surface area contributed by atoms with Gasteiger partial charge in [0.1, 0.15) is 5.75 Å². The summed E-state index contributed by atoms with van der Waals surface area (Å²) in [6.45, 7) is 0. The molecule has 1 aromatic carbocycles. The van der Waals surface area contributed by atoms with Gasteiger partial charge in [-0.15, -0.1) is 0 Å². The molecule has 3 heteroatoms. The molecule has 1 unspecified atom stereocenters. The lowest BCUT2D eigenvalue weighted by atomic mass is 10.1. The fourth-order valence-electron chi connectivity index (χ4n) is 1.68. The number of methoxy groups -OCH3 is 1. The third-order valence-corrected chi connectivity index (χ3v) is 2.62. The summed E-state index contributed by atoms with van der Waals surface area (Å²) in [5.41, 5.74) is 1.09. The van der Waals surface area contributed by atoms with Gasteiger partial charge in [-0.05, 0) is 30.2 Å². The van der Waals surface area contributed by atoms with E-state index >= 15 is 0 Å². The number of carbonyl (C=O) groups excluding carboxylic acids is 1. The van der Waals surface area contributed by atoms with Crippen molar-refractivity contribution in [2.75, 3.05) is 7.11 Å². The minimum Gasteiger partial charge on any atom is -0.497 e. The molecule has 2 rings (SSSR count). The zero-order valence-electron chi connectivity index (χ0n) is 9.72. The second-order valence-corrected chi connectivity index (χ2v) is 3.89. The van der Waals surface area contributed by atoms with E-state index in [1.807, 2.05) is 42.5 Å². The molecule has 0 saturated carbocycles. The summed E-state index contributed by atoms with van der Waals surface area (Å²) in [7, 11) is 1.65. The van der Waals surface area contributed by atoms with Gasteiger partial charge >= 0.3 is 0 Å². The van der Waals surface area contributed by atoms with Crippen LogP contribution in [0.4, 0.5) is 0 Å². The van der Waals surface area contributed by atoms with Gasteiger partial charge in [-0.1, -0.05) is 30.4 Å². The van der Waals surface area contributed by atoms with Crippen LogP contribution < -0.4 is 10.1 Å². The van der Waals surface area contributed by atoms with Crippen molar-refractivity contribution in [3.05, 3.63) is 48.1 Å². The molecule has 0 spiro atoms. The van der Waals surface area contributed by atoms with Gasteiger partial charge in [-0.3, -0.25) is 4.79 Å². The smallest absolute Gasteiger partial charge is 0.244 e. The van der Waals surface area contributed by atoms with Crippen molar-refractivity contribution in [1.29, 1.82) is 0 Å². The number of nitrogens with one attached hydrogen (secondary N) is 1. The topological polar surface area (TPSA) is 38.3 Å². The summed E-state index contributed by atoms with van der Waals surface area (Å²) in [4.78, 5) is 11.1. The van der Waals surface area contributed by atoms with E-state index in [0.29, 0.717) is 0 Å². The third kappa shape index (κ3) is 3.21. The largest absolute Gasteiger partial charge is 0.497 e. The van der Waals surface area contributed by atoms with Crippen LogP contribution in [0.15, 0.2) is 42.5 Å². The lowest BCUT2D eigenvalue weighted by Gasteiger charge is -2.15. The Hall–Kier alpha value is -2.03. The van der Waals surface area contributed by atoms with Crippen LogP contribution in [0, 0.1) is 0 Å². The van der Waals surface area contributed by atoms with Crippen LogP contribution in [0.2, 0.25) is 0 Å². The Morgan fingerprint density at radius 2 is 2.12 bits per heavy atom. The van der Waals surface area contributed by atoms with Crippen molar-refractivity contribution in [2.24, 2.45) is 0 Å². The lowest BCUT2D eigenvalue weighted by Crippen LogP contribution is -2.34. The summed E-state index contributed by atoms with van der Waals surface area (Å²) in [5.74, 6) is 0.816.